The van der Waals surface area contributed by atoms with Crippen molar-refractivity contribution in [2.24, 2.45) is 5.92 Å². The summed E-state index contributed by atoms with van der Waals surface area (Å²) in [7, 11) is 0. The second kappa shape index (κ2) is 5.41. The molecule has 18 heavy (non-hydrogen) atoms. The van der Waals surface area contributed by atoms with Gasteiger partial charge < -0.3 is 10.0 Å². The van der Waals surface area contributed by atoms with E-state index in [1.54, 1.807) is 6.07 Å². The van der Waals surface area contributed by atoms with E-state index in [-0.39, 0.29) is 6.61 Å². The van der Waals surface area contributed by atoms with Crippen LogP contribution in [0, 0.1) is 17.2 Å². The number of aliphatic hydroxyl groups is 1. The first-order chi connectivity index (χ1) is 8.65. The number of nitrogens with zero attached hydrogens (tertiary/aromatic N) is 2. The van der Waals surface area contributed by atoms with Crippen molar-refractivity contribution in [3.05, 3.63) is 29.3 Å². The molecule has 0 saturated carbocycles. The molecular weight excluding hydrogens is 224 g/mol. The highest BCUT2D eigenvalue weighted by molar-refractivity contribution is 5.61. The summed E-state index contributed by atoms with van der Waals surface area (Å²) in [4.78, 5) is 2.33. The Labute approximate surface area is 109 Å². The van der Waals surface area contributed by atoms with Crippen molar-refractivity contribution in [2.45, 2.75) is 39.3 Å². The molecule has 0 bridgehead atoms. The van der Waals surface area contributed by atoms with Crippen LogP contribution < -0.4 is 4.90 Å². The summed E-state index contributed by atoms with van der Waals surface area (Å²) in [5.74, 6) is 0.672. The zero-order valence-corrected chi connectivity index (χ0v) is 11.1. The molecule has 1 N–H and O–H groups in total. The van der Waals surface area contributed by atoms with Gasteiger partial charge in [0.1, 0.15) is 6.07 Å². The van der Waals surface area contributed by atoms with Crippen molar-refractivity contribution < 1.29 is 5.11 Å². The van der Waals surface area contributed by atoms with Gasteiger partial charge in [0.2, 0.25) is 0 Å². The zero-order chi connectivity index (χ0) is 13.1. The van der Waals surface area contributed by atoms with E-state index in [1.165, 1.54) is 12.8 Å². The number of benzene rings is 1. The lowest BCUT2D eigenvalue weighted by Gasteiger charge is -2.39. The van der Waals surface area contributed by atoms with Crippen LogP contribution in [0.25, 0.3) is 0 Å². The fraction of sp³-hybridized carbons (Fsp3) is 0.533. The maximum atomic E-state index is 9.26. The molecule has 1 heterocycles. The molecule has 2 rings (SSSR count). The van der Waals surface area contributed by atoms with Crippen LogP contribution in [0.2, 0.25) is 0 Å². The minimum Gasteiger partial charge on any atom is -0.392 e. The highest BCUT2D eigenvalue weighted by Crippen LogP contribution is 2.30. The molecule has 1 saturated heterocycles. The van der Waals surface area contributed by atoms with Crippen LogP contribution in [0.15, 0.2) is 18.2 Å². The SMILES string of the molecule is CC1CCC(C)N(c2ccc(CO)cc2C#N)C1. The Hall–Kier alpha value is -1.53. The maximum Gasteiger partial charge on any atom is 0.101 e. The van der Waals surface area contributed by atoms with Gasteiger partial charge in [-0.1, -0.05) is 13.0 Å². The molecule has 0 aliphatic carbocycles. The molecule has 2 unspecified atom stereocenters. The van der Waals surface area contributed by atoms with Gasteiger partial charge in [-0.2, -0.15) is 5.26 Å². The first-order valence-corrected chi connectivity index (χ1v) is 6.56. The van der Waals surface area contributed by atoms with Gasteiger partial charge in [-0.15, -0.1) is 0 Å². The van der Waals surface area contributed by atoms with E-state index in [9.17, 15) is 5.26 Å². The van der Waals surface area contributed by atoms with Crippen molar-refractivity contribution in [1.29, 1.82) is 5.26 Å². The Morgan fingerprint density at radius 3 is 2.83 bits per heavy atom. The van der Waals surface area contributed by atoms with Crippen LogP contribution in [-0.4, -0.2) is 17.7 Å². The number of aliphatic hydroxyl groups excluding tert-OH is 1. The average Bonchev–Trinajstić information content (AvgIpc) is 2.41. The fourth-order valence-corrected chi connectivity index (χ4v) is 2.65. The Morgan fingerprint density at radius 2 is 2.17 bits per heavy atom. The predicted molar refractivity (Wildman–Crippen MR) is 72.3 cm³/mol. The van der Waals surface area contributed by atoms with Gasteiger partial charge in [-0.3, -0.25) is 0 Å². The van der Waals surface area contributed by atoms with E-state index in [0.29, 0.717) is 17.5 Å². The van der Waals surface area contributed by atoms with Gasteiger partial charge in [0.05, 0.1) is 17.9 Å². The van der Waals surface area contributed by atoms with Crippen LogP contribution in [0.3, 0.4) is 0 Å². The second-order valence-electron chi connectivity index (χ2n) is 5.31. The third-order valence-electron chi connectivity index (χ3n) is 3.79. The quantitative estimate of drug-likeness (QED) is 0.870. The Kier molecular flexibility index (Phi) is 3.88. The first kappa shape index (κ1) is 12.9. The molecule has 1 aliphatic rings. The standard InChI is InChI=1S/C15H20N2O/c1-11-3-4-12(2)17(9-11)15-6-5-13(10-18)7-14(15)8-16/h5-7,11-12,18H,3-4,9-10H2,1-2H3. The third kappa shape index (κ3) is 2.49. The van der Waals surface area contributed by atoms with Crippen LogP contribution in [0.1, 0.15) is 37.8 Å². The van der Waals surface area contributed by atoms with E-state index >= 15 is 0 Å². The van der Waals surface area contributed by atoms with Crippen molar-refractivity contribution in [3.63, 3.8) is 0 Å². The largest absolute Gasteiger partial charge is 0.392 e. The molecule has 2 atom stereocenters. The number of hydrogen-bond acceptors (Lipinski definition) is 3. The topological polar surface area (TPSA) is 47.3 Å². The monoisotopic (exact) mass is 244 g/mol. The fourth-order valence-electron chi connectivity index (χ4n) is 2.65. The second-order valence-corrected chi connectivity index (χ2v) is 5.31. The minimum atomic E-state index is -0.0130. The zero-order valence-electron chi connectivity index (χ0n) is 11.1. The van der Waals surface area contributed by atoms with E-state index in [4.69, 9.17) is 5.11 Å². The molecule has 3 heteroatoms. The number of nitriles is 1. The molecule has 0 spiro atoms. The lowest BCUT2D eigenvalue weighted by atomic mass is 9.93. The minimum absolute atomic E-state index is 0.0130. The molecule has 3 nitrogen and oxygen atoms in total. The number of anilines is 1. The van der Waals surface area contributed by atoms with Crippen LogP contribution in [0.4, 0.5) is 5.69 Å². The number of hydrogen-bond donors (Lipinski definition) is 1. The molecule has 1 aromatic carbocycles. The average molecular weight is 244 g/mol. The van der Waals surface area contributed by atoms with Crippen LogP contribution in [0.5, 0.6) is 0 Å². The Morgan fingerprint density at radius 1 is 1.39 bits per heavy atom. The number of rotatable bonds is 2. The first-order valence-electron chi connectivity index (χ1n) is 6.56. The summed E-state index contributed by atoms with van der Waals surface area (Å²) >= 11 is 0. The smallest absolute Gasteiger partial charge is 0.101 e. The lowest BCUT2D eigenvalue weighted by Crippen LogP contribution is -2.41. The summed E-state index contributed by atoms with van der Waals surface area (Å²) in [6, 6.07) is 8.40. The van der Waals surface area contributed by atoms with E-state index in [0.717, 1.165) is 17.8 Å². The summed E-state index contributed by atoms with van der Waals surface area (Å²) in [6.07, 6.45) is 2.43. The van der Waals surface area contributed by atoms with Crippen molar-refractivity contribution in [2.75, 3.05) is 11.4 Å². The molecule has 96 valence electrons. The van der Waals surface area contributed by atoms with Crippen molar-refractivity contribution in [1.82, 2.24) is 0 Å². The van der Waals surface area contributed by atoms with E-state index in [1.807, 2.05) is 12.1 Å². The molecule has 1 fully saturated rings. The predicted octanol–water partition coefficient (Wildman–Crippen LogP) is 2.68. The Bertz CT molecular complexity index is 464. The Balaban J connectivity index is 2.34. The summed E-state index contributed by atoms with van der Waals surface area (Å²) < 4.78 is 0. The third-order valence-corrected chi connectivity index (χ3v) is 3.79. The van der Waals surface area contributed by atoms with Crippen LogP contribution in [-0.2, 0) is 6.61 Å². The molecule has 1 aliphatic heterocycles. The van der Waals surface area contributed by atoms with Gasteiger partial charge in [-0.05, 0) is 43.4 Å². The molecule has 0 radical (unpaired) electrons. The highest BCUT2D eigenvalue weighted by Gasteiger charge is 2.24. The molecule has 1 aromatic rings. The summed E-state index contributed by atoms with van der Waals surface area (Å²) in [6.45, 7) is 5.47. The van der Waals surface area contributed by atoms with Crippen LogP contribution >= 0.6 is 0 Å². The van der Waals surface area contributed by atoms with Gasteiger partial charge in [0, 0.05) is 12.6 Å². The van der Waals surface area contributed by atoms with E-state index in [2.05, 4.69) is 24.8 Å². The van der Waals surface area contributed by atoms with Gasteiger partial charge >= 0.3 is 0 Å². The molecule has 0 amide bonds. The van der Waals surface area contributed by atoms with Crippen molar-refractivity contribution >= 4 is 5.69 Å². The van der Waals surface area contributed by atoms with Gasteiger partial charge in [0.25, 0.3) is 0 Å². The summed E-state index contributed by atoms with van der Waals surface area (Å²) in [5, 5.41) is 18.4. The maximum absolute atomic E-state index is 9.26. The van der Waals surface area contributed by atoms with Crippen molar-refractivity contribution in [3.8, 4) is 6.07 Å². The van der Waals surface area contributed by atoms with E-state index < -0.39 is 0 Å². The number of piperidine rings is 1. The lowest BCUT2D eigenvalue weighted by molar-refractivity contribution is 0.282. The van der Waals surface area contributed by atoms with Gasteiger partial charge in [0.15, 0.2) is 0 Å². The normalized spacial score (nSPS) is 23.8. The van der Waals surface area contributed by atoms with Gasteiger partial charge in [-0.25, -0.2) is 0 Å². The molecular formula is C15H20N2O. The summed E-state index contributed by atoms with van der Waals surface area (Å²) in [5.41, 5.74) is 2.48. The highest BCUT2D eigenvalue weighted by atomic mass is 16.3. The molecule has 0 aromatic heterocycles.